The molecule has 5 nitrogen and oxygen atoms in total. The van der Waals surface area contributed by atoms with Crippen LogP contribution in [0.4, 0.5) is 0 Å². The quantitative estimate of drug-likeness (QED) is 0.199. The maximum absolute atomic E-state index is 10.9. The van der Waals surface area contributed by atoms with E-state index in [0.717, 1.165) is 66.5 Å². The molecular weight excluding hydrogens is 587 g/mol. The van der Waals surface area contributed by atoms with Crippen molar-refractivity contribution in [3.05, 3.63) is 163 Å². The lowest BCUT2D eigenvalue weighted by Crippen LogP contribution is -2.02. The van der Waals surface area contributed by atoms with E-state index >= 15 is 0 Å². The second kappa shape index (κ2) is 10.8. The molecule has 0 amide bonds. The highest BCUT2D eigenvalue weighted by molar-refractivity contribution is 6.11. The van der Waals surface area contributed by atoms with E-state index in [1.807, 2.05) is 72.9 Å². The van der Waals surface area contributed by atoms with Crippen LogP contribution in [0.3, 0.4) is 0 Å². The summed E-state index contributed by atoms with van der Waals surface area (Å²) in [6.07, 6.45) is 3.66. The van der Waals surface area contributed by atoms with Gasteiger partial charge in [-0.2, -0.15) is 10.5 Å². The average Bonchev–Trinajstić information content (AvgIpc) is 3.67. The highest BCUT2D eigenvalue weighted by atomic mass is 15.0. The summed E-state index contributed by atoms with van der Waals surface area (Å²) in [6, 6.07) is 52.1. The molecule has 9 aromatic rings. The lowest BCUT2D eigenvalue weighted by atomic mass is 9.91. The zero-order valence-electron chi connectivity index (χ0n) is 25.7. The number of pyridine rings is 1. The summed E-state index contributed by atoms with van der Waals surface area (Å²) < 4.78 is 4.48. The van der Waals surface area contributed by atoms with Crippen molar-refractivity contribution < 1.29 is 0 Å². The van der Waals surface area contributed by atoms with Crippen LogP contribution in [0.25, 0.3) is 77.2 Å². The van der Waals surface area contributed by atoms with Gasteiger partial charge >= 0.3 is 0 Å². The smallest absolute Gasteiger partial charge is 0.100 e. The molecule has 0 saturated carbocycles. The number of fused-ring (bicyclic) bond motifs is 6. The van der Waals surface area contributed by atoms with Crippen LogP contribution in [0.5, 0.6) is 0 Å². The summed E-state index contributed by atoms with van der Waals surface area (Å²) in [5.74, 6) is 0. The van der Waals surface area contributed by atoms with E-state index in [1.54, 1.807) is 6.20 Å². The van der Waals surface area contributed by atoms with Gasteiger partial charge in [-0.25, -0.2) is 0 Å². The van der Waals surface area contributed by atoms with Crippen molar-refractivity contribution in [2.24, 2.45) is 0 Å². The molecule has 3 heterocycles. The van der Waals surface area contributed by atoms with Gasteiger partial charge in [0.25, 0.3) is 0 Å². The van der Waals surface area contributed by atoms with Crippen LogP contribution in [-0.4, -0.2) is 14.1 Å². The summed E-state index contributed by atoms with van der Waals surface area (Å²) in [7, 11) is 0. The molecule has 0 aliphatic carbocycles. The first kappa shape index (κ1) is 27.4. The van der Waals surface area contributed by atoms with E-state index in [9.17, 15) is 10.5 Å². The zero-order chi connectivity index (χ0) is 32.2. The first-order valence-corrected chi connectivity index (χ1v) is 15.8. The van der Waals surface area contributed by atoms with Gasteiger partial charge in [0.15, 0.2) is 0 Å². The van der Waals surface area contributed by atoms with Crippen molar-refractivity contribution in [1.82, 2.24) is 14.1 Å². The summed E-state index contributed by atoms with van der Waals surface area (Å²) in [5, 5.41) is 25.5. The number of benzene rings is 6. The van der Waals surface area contributed by atoms with Crippen LogP contribution in [0.15, 0.2) is 152 Å². The Labute approximate surface area is 276 Å². The van der Waals surface area contributed by atoms with Gasteiger partial charge in [0, 0.05) is 56.2 Å². The van der Waals surface area contributed by atoms with Gasteiger partial charge in [-0.05, 0) is 42.5 Å². The molecule has 9 rings (SSSR count). The summed E-state index contributed by atoms with van der Waals surface area (Å²) in [6.45, 7) is 0. The molecule has 0 N–H and O–H groups in total. The topological polar surface area (TPSA) is 70.3 Å². The van der Waals surface area contributed by atoms with Crippen LogP contribution >= 0.6 is 0 Å². The second-order valence-corrected chi connectivity index (χ2v) is 11.8. The minimum absolute atomic E-state index is 0.541. The molecule has 6 aromatic carbocycles. The van der Waals surface area contributed by atoms with Crippen molar-refractivity contribution in [2.75, 3.05) is 0 Å². The number of aromatic nitrogens is 3. The lowest BCUT2D eigenvalue weighted by Gasteiger charge is -2.18. The first-order valence-electron chi connectivity index (χ1n) is 15.8. The van der Waals surface area contributed by atoms with Crippen LogP contribution in [0, 0.1) is 22.7 Å². The Morgan fingerprint density at radius 3 is 1.46 bits per heavy atom. The van der Waals surface area contributed by atoms with Gasteiger partial charge in [-0.3, -0.25) is 4.98 Å². The maximum atomic E-state index is 10.9. The van der Waals surface area contributed by atoms with E-state index in [1.165, 1.54) is 10.8 Å². The predicted octanol–water partition coefficient (Wildman–Crippen LogP) is 10.4. The molecular formula is C43H25N5. The van der Waals surface area contributed by atoms with Crippen LogP contribution in [0.2, 0.25) is 0 Å². The molecule has 222 valence electrons. The zero-order valence-corrected chi connectivity index (χ0v) is 25.7. The van der Waals surface area contributed by atoms with Gasteiger partial charge < -0.3 is 9.13 Å². The SMILES string of the molecule is N#Cc1ccc(-c2cccc(-c3cnccc3-n3c4ccccc4c4ccccc43)c2C#N)c(-n2c3ccccc3c3ccccc32)c1. The molecule has 0 bridgehead atoms. The molecule has 3 aromatic heterocycles. The fraction of sp³-hybridized carbons (Fsp3) is 0. The Hall–Kier alpha value is -6.95. The summed E-state index contributed by atoms with van der Waals surface area (Å²) >= 11 is 0. The molecule has 0 saturated heterocycles. The summed E-state index contributed by atoms with van der Waals surface area (Å²) in [5.41, 5.74) is 10.4. The molecule has 0 atom stereocenters. The first-order chi connectivity index (χ1) is 23.8. The molecule has 0 aliphatic rings. The van der Waals surface area contributed by atoms with Gasteiger partial charge in [0.1, 0.15) is 6.07 Å². The molecule has 0 fully saturated rings. The van der Waals surface area contributed by atoms with Gasteiger partial charge in [0.2, 0.25) is 0 Å². The molecule has 48 heavy (non-hydrogen) atoms. The monoisotopic (exact) mass is 611 g/mol. The van der Waals surface area contributed by atoms with Crippen LogP contribution in [0.1, 0.15) is 11.1 Å². The normalized spacial score (nSPS) is 11.3. The number of para-hydroxylation sites is 4. The minimum atomic E-state index is 0.541. The maximum Gasteiger partial charge on any atom is 0.100 e. The van der Waals surface area contributed by atoms with E-state index in [2.05, 4.69) is 99.1 Å². The lowest BCUT2D eigenvalue weighted by molar-refractivity contribution is 1.16. The average molecular weight is 612 g/mol. The third kappa shape index (κ3) is 3.99. The van der Waals surface area contributed by atoms with Crippen molar-refractivity contribution in [2.45, 2.75) is 0 Å². The van der Waals surface area contributed by atoms with Crippen molar-refractivity contribution in [3.63, 3.8) is 0 Å². The Bertz CT molecular complexity index is 2710. The van der Waals surface area contributed by atoms with E-state index in [4.69, 9.17) is 0 Å². The predicted molar refractivity (Wildman–Crippen MR) is 193 cm³/mol. The number of nitriles is 2. The van der Waals surface area contributed by atoms with Crippen LogP contribution < -0.4 is 0 Å². The molecule has 0 radical (unpaired) electrons. The summed E-state index contributed by atoms with van der Waals surface area (Å²) in [4.78, 5) is 4.56. The standard InChI is InChI=1S/C43H25N5/c44-25-28-20-21-35(43(24-28)48-40-18-7-3-12-33(40)34-13-4-8-19-41(34)48)29-14-9-15-30(36(29)26-45)37-27-46-23-22-42(37)47-38-16-5-1-10-31(38)32-11-2-6-17-39(32)47/h1-24,27H. The second-order valence-electron chi connectivity index (χ2n) is 11.8. The minimum Gasteiger partial charge on any atom is -0.309 e. The van der Waals surface area contributed by atoms with Gasteiger partial charge in [0.05, 0.1) is 50.6 Å². The van der Waals surface area contributed by atoms with E-state index in [-0.39, 0.29) is 0 Å². The number of hydrogen-bond acceptors (Lipinski definition) is 3. The largest absolute Gasteiger partial charge is 0.309 e. The van der Waals surface area contributed by atoms with E-state index < -0.39 is 0 Å². The number of hydrogen-bond donors (Lipinski definition) is 0. The molecule has 0 aliphatic heterocycles. The number of nitrogens with zero attached hydrogens (tertiary/aromatic N) is 5. The van der Waals surface area contributed by atoms with Crippen molar-refractivity contribution >= 4 is 43.6 Å². The van der Waals surface area contributed by atoms with Crippen molar-refractivity contribution in [3.8, 4) is 45.8 Å². The fourth-order valence-corrected chi connectivity index (χ4v) is 7.29. The van der Waals surface area contributed by atoms with Gasteiger partial charge in [-0.1, -0.05) is 97.1 Å². The Morgan fingerprint density at radius 2 is 0.938 bits per heavy atom. The van der Waals surface area contributed by atoms with E-state index in [0.29, 0.717) is 11.1 Å². The Morgan fingerprint density at radius 1 is 0.438 bits per heavy atom. The molecule has 0 spiro atoms. The van der Waals surface area contributed by atoms with Gasteiger partial charge in [-0.15, -0.1) is 0 Å². The van der Waals surface area contributed by atoms with Crippen molar-refractivity contribution in [1.29, 1.82) is 10.5 Å². The third-order valence-electron chi connectivity index (χ3n) is 9.32. The molecule has 0 unspecified atom stereocenters. The highest BCUT2D eigenvalue weighted by Crippen LogP contribution is 2.41. The van der Waals surface area contributed by atoms with Crippen LogP contribution in [-0.2, 0) is 0 Å². The third-order valence-corrected chi connectivity index (χ3v) is 9.32. The molecule has 5 heteroatoms. The Balaban J connectivity index is 1.33. The number of rotatable bonds is 4. The fourth-order valence-electron chi connectivity index (χ4n) is 7.29. The highest BCUT2D eigenvalue weighted by Gasteiger charge is 2.22. The Kier molecular flexibility index (Phi) is 6.18.